The molecule has 0 spiro atoms. The molecule has 0 aliphatic heterocycles. The predicted molar refractivity (Wildman–Crippen MR) is 122 cm³/mol. The summed E-state index contributed by atoms with van der Waals surface area (Å²) < 4.78 is 0. The second-order valence-electron chi connectivity index (χ2n) is 6.80. The van der Waals surface area contributed by atoms with Gasteiger partial charge >= 0.3 is 0 Å². The molecule has 4 nitrogen and oxygen atoms in total. The van der Waals surface area contributed by atoms with Crippen molar-refractivity contribution in [1.29, 1.82) is 0 Å². The zero-order valence-corrected chi connectivity index (χ0v) is 19.6. The van der Waals surface area contributed by atoms with Crippen LogP contribution in [0.4, 0.5) is 0 Å². The van der Waals surface area contributed by atoms with Crippen LogP contribution in [0.3, 0.4) is 0 Å². The Balaban J connectivity index is 0.00000312. The third-order valence-corrected chi connectivity index (χ3v) is 6.28. The second kappa shape index (κ2) is 10.5. The zero-order chi connectivity index (χ0) is 17.6. The first-order chi connectivity index (χ1) is 11.4. The molecular formula is C18H29IN4S2. The maximum atomic E-state index is 4.67. The Morgan fingerprint density at radius 3 is 2.60 bits per heavy atom. The number of hydrogen-bond acceptors (Lipinski definition) is 4. The lowest BCUT2D eigenvalue weighted by Crippen LogP contribution is -2.43. The van der Waals surface area contributed by atoms with E-state index in [4.69, 9.17) is 0 Å². The number of hydrogen-bond donors (Lipinski definition) is 2. The van der Waals surface area contributed by atoms with E-state index in [1.54, 1.807) is 22.7 Å². The van der Waals surface area contributed by atoms with Crippen LogP contribution in [0.15, 0.2) is 27.9 Å². The van der Waals surface area contributed by atoms with E-state index >= 15 is 0 Å². The topological polar surface area (TPSA) is 49.3 Å². The van der Waals surface area contributed by atoms with Crippen LogP contribution in [0.1, 0.15) is 49.2 Å². The van der Waals surface area contributed by atoms with E-state index < -0.39 is 0 Å². The van der Waals surface area contributed by atoms with E-state index in [9.17, 15) is 0 Å². The standard InChI is InChI=1S/C18H28N4S2.HI/c1-13(2)16-22-14(11-24-16)8-9-20-17(19-5)21-12-18(3,4)15-7-6-10-23-15;/h6-7,10-11,13H,8-9,12H2,1-5H3,(H2,19,20,21);1H. The monoisotopic (exact) mass is 492 g/mol. The van der Waals surface area contributed by atoms with Crippen LogP contribution >= 0.6 is 46.7 Å². The van der Waals surface area contributed by atoms with Crippen LogP contribution in [-0.2, 0) is 11.8 Å². The molecule has 140 valence electrons. The number of nitrogens with one attached hydrogen (secondary N) is 2. The van der Waals surface area contributed by atoms with Crippen molar-refractivity contribution in [2.24, 2.45) is 4.99 Å². The van der Waals surface area contributed by atoms with E-state index in [2.05, 4.69) is 71.2 Å². The van der Waals surface area contributed by atoms with Crippen LogP contribution in [0.2, 0.25) is 0 Å². The van der Waals surface area contributed by atoms with Crippen molar-refractivity contribution in [1.82, 2.24) is 15.6 Å². The summed E-state index contributed by atoms with van der Waals surface area (Å²) in [6.07, 6.45) is 0.915. The van der Waals surface area contributed by atoms with Gasteiger partial charge in [-0.1, -0.05) is 33.8 Å². The van der Waals surface area contributed by atoms with Gasteiger partial charge in [0.05, 0.1) is 10.7 Å². The maximum absolute atomic E-state index is 4.67. The van der Waals surface area contributed by atoms with Crippen molar-refractivity contribution in [3.63, 3.8) is 0 Å². The van der Waals surface area contributed by atoms with Gasteiger partial charge in [-0.15, -0.1) is 46.7 Å². The molecule has 0 fully saturated rings. The first kappa shape index (κ1) is 22.4. The predicted octanol–water partition coefficient (Wildman–Crippen LogP) is 4.63. The Hall–Kier alpha value is -0.670. The molecule has 0 bridgehead atoms. The van der Waals surface area contributed by atoms with E-state index in [0.717, 1.165) is 31.2 Å². The normalized spacial score (nSPS) is 12.2. The summed E-state index contributed by atoms with van der Waals surface area (Å²) in [4.78, 5) is 10.4. The average Bonchev–Trinajstić information content (AvgIpc) is 3.22. The lowest BCUT2D eigenvalue weighted by atomic mass is 9.91. The molecule has 2 aromatic rings. The van der Waals surface area contributed by atoms with Gasteiger partial charge in [0.1, 0.15) is 0 Å². The average molecular weight is 492 g/mol. The van der Waals surface area contributed by atoms with Gasteiger partial charge in [-0.3, -0.25) is 4.99 Å². The Labute approximate surface area is 176 Å². The molecule has 0 amide bonds. The van der Waals surface area contributed by atoms with Gasteiger partial charge in [0, 0.05) is 48.1 Å². The van der Waals surface area contributed by atoms with Crippen LogP contribution in [0.25, 0.3) is 0 Å². The quantitative estimate of drug-likeness (QED) is 0.337. The van der Waals surface area contributed by atoms with Crippen LogP contribution < -0.4 is 10.6 Å². The Kier molecular flexibility index (Phi) is 9.37. The third kappa shape index (κ3) is 6.86. The van der Waals surface area contributed by atoms with E-state index in [1.165, 1.54) is 9.88 Å². The van der Waals surface area contributed by atoms with Gasteiger partial charge in [-0.25, -0.2) is 4.98 Å². The maximum Gasteiger partial charge on any atom is 0.191 e. The largest absolute Gasteiger partial charge is 0.356 e. The molecule has 2 heterocycles. The highest BCUT2D eigenvalue weighted by Crippen LogP contribution is 2.26. The lowest BCUT2D eigenvalue weighted by Gasteiger charge is -2.25. The van der Waals surface area contributed by atoms with Gasteiger partial charge in [-0.2, -0.15) is 0 Å². The summed E-state index contributed by atoms with van der Waals surface area (Å²) in [5.41, 5.74) is 1.25. The molecule has 25 heavy (non-hydrogen) atoms. The molecule has 2 aromatic heterocycles. The molecule has 7 heteroatoms. The fourth-order valence-corrected chi connectivity index (χ4v) is 4.01. The molecule has 0 aliphatic carbocycles. The fraction of sp³-hybridized carbons (Fsp3) is 0.556. The van der Waals surface area contributed by atoms with E-state index in [0.29, 0.717) is 5.92 Å². The van der Waals surface area contributed by atoms with Crippen molar-refractivity contribution < 1.29 is 0 Å². The van der Waals surface area contributed by atoms with Crippen molar-refractivity contribution >= 4 is 52.6 Å². The molecule has 0 aromatic carbocycles. The van der Waals surface area contributed by atoms with Crippen molar-refractivity contribution in [3.8, 4) is 0 Å². The molecule has 0 saturated carbocycles. The number of guanidine groups is 1. The SMILES string of the molecule is CN=C(NCCc1csc(C(C)C)n1)NCC(C)(C)c1cccs1.I. The Morgan fingerprint density at radius 2 is 2.04 bits per heavy atom. The molecule has 2 rings (SSSR count). The summed E-state index contributed by atoms with van der Waals surface area (Å²) >= 11 is 3.55. The van der Waals surface area contributed by atoms with Crippen molar-refractivity contribution in [2.75, 3.05) is 20.1 Å². The van der Waals surface area contributed by atoms with Gasteiger partial charge < -0.3 is 10.6 Å². The summed E-state index contributed by atoms with van der Waals surface area (Å²) in [5, 5.41) is 12.3. The first-order valence-corrected chi connectivity index (χ1v) is 10.1. The Morgan fingerprint density at radius 1 is 1.28 bits per heavy atom. The molecule has 2 N–H and O–H groups in total. The first-order valence-electron chi connectivity index (χ1n) is 8.35. The van der Waals surface area contributed by atoms with Crippen LogP contribution in [0.5, 0.6) is 0 Å². The molecule has 0 aliphatic rings. The second-order valence-corrected chi connectivity index (χ2v) is 8.63. The zero-order valence-electron chi connectivity index (χ0n) is 15.6. The summed E-state index contributed by atoms with van der Waals surface area (Å²) in [6.45, 7) is 10.6. The highest BCUT2D eigenvalue weighted by Gasteiger charge is 2.21. The number of thiazole rings is 1. The van der Waals surface area contributed by atoms with Crippen LogP contribution in [0, 0.1) is 0 Å². The van der Waals surface area contributed by atoms with Gasteiger partial charge in [0.25, 0.3) is 0 Å². The number of rotatable bonds is 7. The summed E-state index contributed by atoms with van der Waals surface area (Å²) in [6, 6.07) is 4.30. The number of nitrogens with zero attached hydrogens (tertiary/aromatic N) is 2. The van der Waals surface area contributed by atoms with E-state index in [1.807, 2.05) is 7.05 Å². The van der Waals surface area contributed by atoms with Crippen molar-refractivity contribution in [3.05, 3.63) is 38.5 Å². The number of halogens is 1. The van der Waals surface area contributed by atoms with Gasteiger partial charge in [0.15, 0.2) is 5.96 Å². The van der Waals surface area contributed by atoms with Crippen LogP contribution in [-0.4, -0.2) is 31.1 Å². The highest BCUT2D eigenvalue weighted by molar-refractivity contribution is 14.0. The van der Waals surface area contributed by atoms with Gasteiger partial charge in [0.2, 0.25) is 0 Å². The summed E-state index contributed by atoms with van der Waals surface area (Å²) in [5.74, 6) is 1.35. The molecule has 0 atom stereocenters. The number of thiophene rings is 1. The number of aliphatic imine (C=N–C) groups is 1. The minimum Gasteiger partial charge on any atom is -0.356 e. The molecule has 0 unspecified atom stereocenters. The van der Waals surface area contributed by atoms with Crippen molar-refractivity contribution in [2.45, 2.75) is 45.4 Å². The smallest absolute Gasteiger partial charge is 0.191 e. The summed E-state index contributed by atoms with van der Waals surface area (Å²) in [7, 11) is 1.81. The van der Waals surface area contributed by atoms with Gasteiger partial charge in [-0.05, 0) is 11.4 Å². The Bertz CT molecular complexity index is 648. The molecular weight excluding hydrogens is 463 g/mol. The molecule has 0 saturated heterocycles. The minimum atomic E-state index is 0. The molecule has 0 radical (unpaired) electrons. The lowest BCUT2D eigenvalue weighted by molar-refractivity contribution is 0.518. The van der Waals surface area contributed by atoms with E-state index in [-0.39, 0.29) is 29.4 Å². The minimum absolute atomic E-state index is 0. The fourth-order valence-electron chi connectivity index (χ4n) is 2.29. The number of aromatic nitrogens is 1. The third-order valence-electron chi connectivity index (χ3n) is 3.85. The highest BCUT2D eigenvalue weighted by atomic mass is 127.